The summed E-state index contributed by atoms with van der Waals surface area (Å²) in [6, 6.07) is 5.89. The van der Waals surface area contributed by atoms with Crippen molar-refractivity contribution in [2.45, 2.75) is 25.8 Å². The number of pyridine rings is 1. The summed E-state index contributed by atoms with van der Waals surface area (Å²) in [5, 5.41) is 15.8. The van der Waals surface area contributed by atoms with Crippen LogP contribution < -0.4 is 10.6 Å². The van der Waals surface area contributed by atoms with Crippen molar-refractivity contribution in [1.29, 1.82) is 5.26 Å². The molecule has 3 aromatic rings. The topological polar surface area (TPSA) is 122 Å². The Morgan fingerprint density at radius 3 is 3.03 bits per heavy atom. The summed E-state index contributed by atoms with van der Waals surface area (Å²) in [4.78, 5) is 33.7. The monoisotopic (exact) mass is 476 g/mol. The first-order valence-corrected chi connectivity index (χ1v) is 11.7. The smallest absolute Gasteiger partial charge is 0.407 e. The van der Waals surface area contributed by atoms with Gasteiger partial charge in [0.1, 0.15) is 16.9 Å². The lowest BCUT2D eigenvalue weighted by atomic mass is 9.88. The average molecular weight is 477 g/mol. The number of hydrogen-bond donors (Lipinski definition) is 2. The van der Waals surface area contributed by atoms with Gasteiger partial charge in [0.2, 0.25) is 5.91 Å². The Morgan fingerprint density at radius 1 is 1.41 bits per heavy atom. The Labute approximate surface area is 201 Å². The predicted octanol–water partition coefficient (Wildman–Crippen LogP) is 3.43. The van der Waals surface area contributed by atoms with Crippen LogP contribution in [0.15, 0.2) is 43.0 Å². The van der Waals surface area contributed by atoms with E-state index >= 15 is 0 Å². The number of anilines is 1. The number of alkyl carbamates (subject to hydrolysis) is 1. The van der Waals surface area contributed by atoms with Gasteiger partial charge in [0.15, 0.2) is 0 Å². The molecule has 34 heavy (non-hydrogen) atoms. The molecule has 0 saturated heterocycles. The molecule has 0 fully saturated rings. The molecule has 3 aromatic heterocycles. The minimum atomic E-state index is -0.481. The highest BCUT2D eigenvalue weighted by Crippen LogP contribution is 2.39. The highest BCUT2D eigenvalue weighted by atomic mass is 32.1. The van der Waals surface area contributed by atoms with Crippen LogP contribution in [0.4, 0.5) is 9.80 Å². The van der Waals surface area contributed by atoms with E-state index in [0.29, 0.717) is 36.6 Å². The van der Waals surface area contributed by atoms with Crippen LogP contribution in [0.2, 0.25) is 0 Å². The first-order chi connectivity index (χ1) is 16.5. The van der Waals surface area contributed by atoms with E-state index in [4.69, 9.17) is 4.74 Å². The summed E-state index contributed by atoms with van der Waals surface area (Å²) in [6.07, 6.45) is 11.6. The third-order valence-corrected chi connectivity index (χ3v) is 6.76. The SMILES string of the molecule is Cn1ccnc1CNC(=O)OCC1CCc2c(sc(NC(=O)/C=C/c3cccnc3)c2C#N)C1. The van der Waals surface area contributed by atoms with Crippen LogP contribution in [0.3, 0.4) is 0 Å². The van der Waals surface area contributed by atoms with Gasteiger partial charge in [-0.3, -0.25) is 9.78 Å². The van der Waals surface area contributed by atoms with Crippen molar-refractivity contribution in [3.8, 4) is 6.07 Å². The molecule has 3 heterocycles. The van der Waals surface area contributed by atoms with E-state index in [0.717, 1.165) is 28.2 Å². The molecule has 1 atom stereocenters. The van der Waals surface area contributed by atoms with E-state index in [1.807, 2.05) is 23.9 Å². The fourth-order valence-electron chi connectivity index (χ4n) is 3.77. The van der Waals surface area contributed by atoms with Gasteiger partial charge in [-0.05, 0) is 48.4 Å². The summed E-state index contributed by atoms with van der Waals surface area (Å²) in [5.41, 5.74) is 2.32. The Balaban J connectivity index is 1.31. The molecule has 0 spiro atoms. The van der Waals surface area contributed by atoms with E-state index in [2.05, 4.69) is 26.7 Å². The number of carbonyl (C=O) groups excluding carboxylic acids is 2. The molecule has 4 rings (SSSR count). The van der Waals surface area contributed by atoms with Gasteiger partial charge in [0, 0.05) is 42.8 Å². The predicted molar refractivity (Wildman–Crippen MR) is 128 cm³/mol. The van der Waals surface area contributed by atoms with Crippen LogP contribution in [0.5, 0.6) is 0 Å². The Morgan fingerprint density at radius 2 is 2.29 bits per heavy atom. The van der Waals surface area contributed by atoms with Gasteiger partial charge < -0.3 is 19.9 Å². The van der Waals surface area contributed by atoms with Crippen LogP contribution in [0.1, 0.15) is 33.8 Å². The number of aryl methyl sites for hydroxylation is 1. The zero-order valence-electron chi connectivity index (χ0n) is 18.7. The van der Waals surface area contributed by atoms with Gasteiger partial charge in [-0.25, -0.2) is 9.78 Å². The zero-order valence-corrected chi connectivity index (χ0v) is 19.5. The molecule has 1 aliphatic rings. The lowest BCUT2D eigenvalue weighted by molar-refractivity contribution is -0.111. The fourth-order valence-corrected chi connectivity index (χ4v) is 5.08. The number of carbonyl (C=O) groups is 2. The first kappa shape index (κ1) is 23.2. The molecule has 0 aliphatic heterocycles. The van der Waals surface area contributed by atoms with Crippen LogP contribution in [-0.4, -0.2) is 33.1 Å². The Kier molecular flexibility index (Phi) is 7.34. The highest BCUT2D eigenvalue weighted by molar-refractivity contribution is 7.16. The number of imidazole rings is 1. The van der Waals surface area contributed by atoms with Gasteiger partial charge in [-0.15, -0.1) is 11.3 Å². The van der Waals surface area contributed by atoms with Crippen LogP contribution >= 0.6 is 11.3 Å². The summed E-state index contributed by atoms with van der Waals surface area (Å²) in [5.74, 6) is 0.598. The van der Waals surface area contributed by atoms with Crippen molar-refractivity contribution >= 4 is 34.4 Å². The minimum Gasteiger partial charge on any atom is -0.449 e. The van der Waals surface area contributed by atoms with Crippen molar-refractivity contribution in [2.75, 3.05) is 11.9 Å². The van der Waals surface area contributed by atoms with E-state index in [9.17, 15) is 14.9 Å². The van der Waals surface area contributed by atoms with Gasteiger partial charge in [-0.2, -0.15) is 5.26 Å². The lowest BCUT2D eigenvalue weighted by Crippen LogP contribution is -2.28. The van der Waals surface area contributed by atoms with Gasteiger partial charge in [0.25, 0.3) is 0 Å². The molecule has 2 N–H and O–H groups in total. The average Bonchev–Trinajstić information content (AvgIpc) is 3.42. The van der Waals surface area contributed by atoms with Crippen molar-refractivity contribution < 1.29 is 14.3 Å². The standard InChI is InChI=1S/C24H24N6O3S/c1-30-10-9-27-21(30)14-28-24(32)33-15-17-4-6-18-19(12-25)23(34-20(18)11-17)29-22(31)7-5-16-3-2-8-26-13-16/h2-3,5,7-10,13,17H,4,6,11,14-15H2,1H3,(H,28,32)(H,29,31)/b7-5+. The summed E-state index contributed by atoms with van der Waals surface area (Å²) in [6.45, 7) is 0.590. The van der Waals surface area contributed by atoms with Crippen LogP contribution in [-0.2, 0) is 36.0 Å². The molecule has 0 bridgehead atoms. The highest BCUT2D eigenvalue weighted by Gasteiger charge is 2.27. The fraction of sp³-hybridized carbons (Fsp3) is 0.292. The molecule has 1 unspecified atom stereocenters. The van der Waals surface area contributed by atoms with Crippen molar-refractivity contribution in [3.05, 3.63) is 70.4 Å². The number of hydrogen-bond acceptors (Lipinski definition) is 7. The molecule has 0 aromatic carbocycles. The number of fused-ring (bicyclic) bond motifs is 1. The van der Waals surface area contributed by atoms with Crippen LogP contribution in [0, 0.1) is 17.2 Å². The largest absolute Gasteiger partial charge is 0.449 e. The van der Waals surface area contributed by atoms with Gasteiger partial charge >= 0.3 is 6.09 Å². The Hall–Kier alpha value is -3.97. The quantitative estimate of drug-likeness (QED) is 0.504. The molecule has 9 nitrogen and oxygen atoms in total. The first-order valence-electron chi connectivity index (χ1n) is 10.8. The maximum absolute atomic E-state index is 12.4. The maximum atomic E-state index is 12.4. The molecule has 0 radical (unpaired) electrons. The number of thiophene rings is 1. The minimum absolute atomic E-state index is 0.158. The van der Waals surface area contributed by atoms with E-state index in [1.165, 1.54) is 17.4 Å². The van der Waals surface area contributed by atoms with Crippen molar-refractivity contribution in [3.63, 3.8) is 0 Å². The third-order valence-electron chi connectivity index (χ3n) is 5.59. The van der Waals surface area contributed by atoms with Gasteiger partial charge in [0.05, 0.1) is 18.7 Å². The van der Waals surface area contributed by atoms with Crippen molar-refractivity contribution in [1.82, 2.24) is 19.9 Å². The van der Waals surface area contributed by atoms with Crippen molar-refractivity contribution in [2.24, 2.45) is 13.0 Å². The van der Waals surface area contributed by atoms with E-state index < -0.39 is 6.09 Å². The summed E-state index contributed by atoms with van der Waals surface area (Å²) < 4.78 is 7.24. The maximum Gasteiger partial charge on any atom is 0.407 e. The van der Waals surface area contributed by atoms with Gasteiger partial charge in [-0.1, -0.05) is 6.07 Å². The molecule has 0 saturated carbocycles. The lowest BCUT2D eigenvalue weighted by Gasteiger charge is -2.21. The number of ether oxygens (including phenoxy) is 1. The van der Waals surface area contributed by atoms with E-state index in [-0.39, 0.29) is 11.8 Å². The second-order valence-electron chi connectivity index (χ2n) is 7.94. The number of nitrogens with zero attached hydrogens (tertiary/aromatic N) is 4. The second kappa shape index (κ2) is 10.8. The third kappa shape index (κ3) is 5.68. The molecular formula is C24H24N6O3S. The van der Waals surface area contributed by atoms with Crippen LogP contribution in [0.25, 0.3) is 6.08 Å². The number of rotatable bonds is 7. The Bertz CT molecular complexity index is 1240. The number of nitriles is 1. The van der Waals surface area contributed by atoms with E-state index in [1.54, 1.807) is 30.7 Å². The molecular weight excluding hydrogens is 452 g/mol. The number of nitrogens with one attached hydrogen (secondary N) is 2. The summed E-state index contributed by atoms with van der Waals surface area (Å²) >= 11 is 1.42. The summed E-state index contributed by atoms with van der Waals surface area (Å²) in [7, 11) is 1.86. The number of amides is 2. The molecule has 174 valence electrons. The molecule has 1 aliphatic carbocycles. The molecule has 10 heteroatoms. The normalized spacial score (nSPS) is 14.9. The second-order valence-corrected chi connectivity index (χ2v) is 9.05. The number of aromatic nitrogens is 3. The molecule has 2 amide bonds. The zero-order chi connectivity index (χ0) is 23.9.